The average molecular weight is 396 g/mol. The highest BCUT2D eigenvalue weighted by atomic mass is 35.5. The lowest BCUT2D eigenvalue weighted by Crippen LogP contribution is -2.44. The topological polar surface area (TPSA) is 71.5 Å². The summed E-state index contributed by atoms with van der Waals surface area (Å²) in [4.78, 5) is 31.9. The summed E-state index contributed by atoms with van der Waals surface area (Å²) in [7, 11) is 0. The third kappa shape index (κ3) is 2.64. The van der Waals surface area contributed by atoms with Gasteiger partial charge >= 0.3 is 0 Å². The second-order valence-corrected chi connectivity index (χ2v) is 7.82. The van der Waals surface area contributed by atoms with Crippen molar-refractivity contribution in [2.45, 2.75) is 18.2 Å². The minimum absolute atomic E-state index is 0.0873. The molecule has 2 amide bonds. The molecule has 2 aromatic rings. The Balaban J connectivity index is 1.38. The quantitative estimate of drug-likeness (QED) is 0.806. The van der Waals surface area contributed by atoms with Crippen molar-refractivity contribution >= 4 is 29.1 Å². The molecule has 28 heavy (non-hydrogen) atoms. The fraction of sp³-hybridized carbons (Fsp3) is 0.286. The average Bonchev–Trinajstić information content (AvgIpc) is 3.36. The number of carbonyl (C=O) groups is 2. The van der Waals surface area contributed by atoms with Gasteiger partial charge in [0.1, 0.15) is 5.60 Å². The van der Waals surface area contributed by atoms with Crippen molar-refractivity contribution in [3.8, 4) is 0 Å². The fourth-order valence-corrected chi connectivity index (χ4v) is 4.57. The molecule has 3 aliphatic rings. The molecule has 0 aliphatic carbocycles. The van der Waals surface area contributed by atoms with Crippen molar-refractivity contribution in [3.63, 3.8) is 0 Å². The van der Waals surface area contributed by atoms with Crippen molar-refractivity contribution in [3.05, 3.63) is 71.5 Å². The zero-order chi connectivity index (χ0) is 19.3. The number of nitrogens with zero attached hydrogens (tertiary/aromatic N) is 2. The SMILES string of the molecule is O=C(NCc1cccnc1)[C@@H]1[C@H]2C(=O)N(c3ccc(Cl)cc3)C[C@@]23C=C[C@H]1O3. The smallest absolute Gasteiger partial charge is 0.234 e. The number of ether oxygens (including phenoxy) is 1. The van der Waals surface area contributed by atoms with Crippen LogP contribution in [0.1, 0.15) is 5.56 Å². The molecule has 142 valence electrons. The van der Waals surface area contributed by atoms with E-state index in [2.05, 4.69) is 10.3 Å². The molecule has 0 radical (unpaired) electrons. The zero-order valence-corrected chi connectivity index (χ0v) is 15.7. The van der Waals surface area contributed by atoms with Gasteiger partial charge in [-0.3, -0.25) is 14.6 Å². The minimum Gasteiger partial charge on any atom is -0.360 e. The van der Waals surface area contributed by atoms with Crippen molar-refractivity contribution in [1.82, 2.24) is 10.3 Å². The number of rotatable bonds is 4. The first-order valence-electron chi connectivity index (χ1n) is 9.18. The van der Waals surface area contributed by atoms with Crippen molar-refractivity contribution in [2.24, 2.45) is 11.8 Å². The van der Waals surface area contributed by atoms with Crippen LogP contribution in [-0.2, 0) is 20.9 Å². The van der Waals surface area contributed by atoms with E-state index < -0.39 is 17.4 Å². The molecule has 1 aromatic carbocycles. The van der Waals surface area contributed by atoms with Crippen LogP contribution in [-0.4, -0.2) is 35.0 Å². The molecule has 4 heterocycles. The second-order valence-electron chi connectivity index (χ2n) is 7.38. The van der Waals surface area contributed by atoms with E-state index in [1.165, 1.54) is 0 Å². The van der Waals surface area contributed by atoms with Crippen LogP contribution in [0.25, 0.3) is 0 Å². The number of hydrogen-bond donors (Lipinski definition) is 1. The molecule has 5 rings (SSSR count). The molecule has 6 nitrogen and oxygen atoms in total. The number of halogens is 1. The van der Waals surface area contributed by atoms with Crippen LogP contribution in [0.4, 0.5) is 5.69 Å². The van der Waals surface area contributed by atoms with Crippen LogP contribution in [0.5, 0.6) is 0 Å². The Morgan fingerprint density at radius 2 is 2.14 bits per heavy atom. The molecule has 0 unspecified atom stereocenters. The third-order valence-corrected chi connectivity index (χ3v) is 5.98. The van der Waals surface area contributed by atoms with Gasteiger partial charge in [-0.2, -0.15) is 0 Å². The number of nitrogens with one attached hydrogen (secondary N) is 1. The summed E-state index contributed by atoms with van der Waals surface area (Å²) in [6.07, 6.45) is 6.88. The highest BCUT2D eigenvalue weighted by molar-refractivity contribution is 6.30. The summed E-state index contributed by atoms with van der Waals surface area (Å²) in [6.45, 7) is 0.770. The van der Waals surface area contributed by atoms with Crippen LogP contribution in [0.3, 0.4) is 0 Å². The van der Waals surface area contributed by atoms with Crippen LogP contribution in [0, 0.1) is 11.8 Å². The number of fused-ring (bicyclic) bond motifs is 1. The minimum atomic E-state index is -0.738. The molecule has 3 aliphatic heterocycles. The number of aromatic nitrogens is 1. The first-order chi connectivity index (χ1) is 13.6. The zero-order valence-electron chi connectivity index (χ0n) is 14.9. The fourth-order valence-electron chi connectivity index (χ4n) is 4.45. The third-order valence-electron chi connectivity index (χ3n) is 5.73. The summed E-state index contributed by atoms with van der Waals surface area (Å²) in [6, 6.07) is 10.8. The summed E-state index contributed by atoms with van der Waals surface area (Å²) in [5.41, 5.74) is 0.927. The number of pyridine rings is 1. The van der Waals surface area contributed by atoms with E-state index in [0.29, 0.717) is 18.1 Å². The molecule has 2 bridgehead atoms. The van der Waals surface area contributed by atoms with E-state index in [-0.39, 0.29) is 17.9 Å². The lowest BCUT2D eigenvalue weighted by Gasteiger charge is -2.23. The lowest BCUT2D eigenvalue weighted by atomic mass is 9.77. The summed E-state index contributed by atoms with van der Waals surface area (Å²) >= 11 is 5.97. The number of amides is 2. The van der Waals surface area contributed by atoms with Crippen LogP contribution >= 0.6 is 11.6 Å². The Morgan fingerprint density at radius 3 is 2.89 bits per heavy atom. The summed E-state index contributed by atoms with van der Waals surface area (Å²) < 4.78 is 6.14. The molecule has 1 spiro atoms. The predicted molar refractivity (Wildman–Crippen MR) is 104 cm³/mol. The van der Waals surface area contributed by atoms with Gasteiger partial charge in [-0.1, -0.05) is 29.8 Å². The highest BCUT2D eigenvalue weighted by Gasteiger charge is 2.67. The van der Waals surface area contributed by atoms with Gasteiger partial charge in [0.25, 0.3) is 0 Å². The van der Waals surface area contributed by atoms with Crippen molar-refractivity contribution in [1.29, 1.82) is 0 Å². The largest absolute Gasteiger partial charge is 0.360 e. The highest BCUT2D eigenvalue weighted by Crippen LogP contribution is 2.52. The van der Waals surface area contributed by atoms with Gasteiger partial charge in [-0.05, 0) is 35.9 Å². The predicted octanol–water partition coefficient (Wildman–Crippen LogP) is 2.34. The van der Waals surface area contributed by atoms with Gasteiger partial charge in [0.15, 0.2) is 0 Å². The van der Waals surface area contributed by atoms with Crippen LogP contribution in [0.2, 0.25) is 5.02 Å². The Labute approximate surface area is 167 Å². The first kappa shape index (κ1) is 17.4. The summed E-state index contributed by atoms with van der Waals surface area (Å²) in [5.74, 6) is -1.31. The van der Waals surface area contributed by atoms with E-state index in [1.54, 1.807) is 29.4 Å². The molecular formula is C21H18ClN3O3. The van der Waals surface area contributed by atoms with Gasteiger partial charge in [-0.25, -0.2) is 0 Å². The second kappa shape index (κ2) is 6.43. The normalized spacial score (nSPS) is 30.0. The van der Waals surface area contributed by atoms with Crippen LogP contribution in [0.15, 0.2) is 60.9 Å². The standard InChI is InChI=1S/C21H18ClN3O3/c22-14-3-5-15(6-4-14)25-12-21-8-7-16(28-21)17(18(21)20(25)27)19(26)24-11-13-2-1-9-23-10-13/h1-10,16-18H,11-12H2,(H,24,26)/t16-,17+,18+,21+/m1/s1. The van der Waals surface area contributed by atoms with Gasteiger partial charge in [0, 0.05) is 29.6 Å². The number of hydrogen-bond acceptors (Lipinski definition) is 4. The van der Waals surface area contributed by atoms with E-state index in [0.717, 1.165) is 11.3 Å². The Kier molecular flexibility index (Phi) is 4.00. The van der Waals surface area contributed by atoms with E-state index >= 15 is 0 Å². The molecule has 1 N–H and O–H groups in total. The first-order valence-corrected chi connectivity index (χ1v) is 9.56. The molecule has 1 aromatic heterocycles. The molecular weight excluding hydrogens is 378 g/mol. The Bertz CT molecular complexity index is 963. The Hall–Kier alpha value is -2.70. The van der Waals surface area contributed by atoms with E-state index in [1.807, 2.05) is 36.4 Å². The molecule has 4 atom stereocenters. The van der Waals surface area contributed by atoms with Crippen molar-refractivity contribution < 1.29 is 14.3 Å². The Morgan fingerprint density at radius 1 is 1.32 bits per heavy atom. The van der Waals surface area contributed by atoms with Gasteiger partial charge < -0.3 is 15.0 Å². The number of anilines is 1. The maximum atomic E-state index is 13.2. The molecule has 7 heteroatoms. The molecule has 2 fully saturated rings. The lowest BCUT2D eigenvalue weighted by molar-refractivity contribution is -0.132. The maximum absolute atomic E-state index is 13.2. The monoisotopic (exact) mass is 395 g/mol. The maximum Gasteiger partial charge on any atom is 0.234 e. The van der Waals surface area contributed by atoms with Gasteiger partial charge in [0.2, 0.25) is 11.8 Å². The molecule has 2 saturated heterocycles. The number of benzene rings is 1. The van der Waals surface area contributed by atoms with Crippen LogP contribution < -0.4 is 10.2 Å². The summed E-state index contributed by atoms with van der Waals surface area (Å²) in [5, 5.41) is 3.55. The van der Waals surface area contributed by atoms with Gasteiger partial charge in [-0.15, -0.1) is 0 Å². The van der Waals surface area contributed by atoms with E-state index in [9.17, 15) is 9.59 Å². The molecule has 0 saturated carbocycles. The van der Waals surface area contributed by atoms with Crippen molar-refractivity contribution in [2.75, 3.05) is 11.4 Å². The van der Waals surface area contributed by atoms with Gasteiger partial charge in [0.05, 0.1) is 24.5 Å². The van der Waals surface area contributed by atoms with E-state index in [4.69, 9.17) is 16.3 Å². The number of carbonyl (C=O) groups excluding carboxylic acids is 2.